The number of carbonyl (C=O) groups excluding carboxylic acids is 1. The monoisotopic (exact) mass is 262 g/mol. The Bertz CT molecular complexity index is 545. The van der Waals surface area contributed by atoms with Gasteiger partial charge in [0.25, 0.3) is 0 Å². The second-order valence-corrected chi connectivity index (χ2v) is 5.61. The molecule has 1 heterocycles. The number of hydrogen-bond acceptors (Lipinski definition) is 2. The summed E-state index contributed by atoms with van der Waals surface area (Å²) in [6.45, 7) is 5.75. The van der Waals surface area contributed by atoms with Crippen molar-refractivity contribution in [2.24, 2.45) is 5.92 Å². The smallest absolute Gasteiger partial charge is 0.228 e. The molecule has 1 atom stereocenters. The second kappa shape index (κ2) is 4.29. The summed E-state index contributed by atoms with van der Waals surface area (Å²) in [6.07, 6.45) is 0.273. The van der Waals surface area contributed by atoms with Crippen molar-refractivity contribution >= 4 is 23.2 Å². The summed E-state index contributed by atoms with van der Waals surface area (Å²) in [6, 6.07) is 7.77. The Kier molecular flexibility index (Phi) is 3.08. The first kappa shape index (κ1) is 12.9. The summed E-state index contributed by atoms with van der Waals surface area (Å²) >= 11 is 6.10. The fraction of sp³-hybridized carbons (Fsp3) is 0.429. The third kappa shape index (κ3) is 1.87. The Morgan fingerprint density at radius 1 is 1.50 bits per heavy atom. The third-order valence-electron chi connectivity index (χ3n) is 3.63. The number of rotatable bonds is 1. The van der Waals surface area contributed by atoms with E-state index in [-0.39, 0.29) is 18.2 Å². The van der Waals surface area contributed by atoms with Crippen molar-refractivity contribution in [3.05, 3.63) is 28.8 Å². The van der Waals surface area contributed by atoms with Crippen molar-refractivity contribution in [1.82, 2.24) is 0 Å². The highest BCUT2D eigenvalue weighted by molar-refractivity contribution is 6.31. The molecule has 0 aliphatic carbocycles. The lowest BCUT2D eigenvalue weighted by Gasteiger charge is -2.33. The first-order valence-electron chi connectivity index (χ1n) is 5.86. The Morgan fingerprint density at radius 3 is 2.67 bits per heavy atom. The zero-order valence-corrected chi connectivity index (χ0v) is 11.5. The standard InChI is InChI=1S/C14H15ClN2O/c1-9-4-5-11(7-12(9)15)17-13(18)6-10(8-16)14(17,2)3/h4-5,7,10H,6H2,1-3H3. The van der Waals surface area contributed by atoms with Crippen LogP contribution in [-0.4, -0.2) is 11.4 Å². The third-order valence-corrected chi connectivity index (χ3v) is 4.03. The van der Waals surface area contributed by atoms with E-state index in [0.29, 0.717) is 5.02 Å². The van der Waals surface area contributed by atoms with Gasteiger partial charge in [-0.3, -0.25) is 4.79 Å². The van der Waals surface area contributed by atoms with Gasteiger partial charge in [0.2, 0.25) is 5.91 Å². The molecule has 0 N–H and O–H groups in total. The summed E-state index contributed by atoms with van der Waals surface area (Å²) in [7, 11) is 0. The molecule has 1 aromatic rings. The van der Waals surface area contributed by atoms with E-state index in [1.165, 1.54) is 0 Å². The predicted molar refractivity (Wildman–Crippen MR) is 71.5 cm³/mol. The van der Waals surface area contributed by atoms with Crippen LogP contribution in [0.4, 0.5) is 5.69 Å². The number of carbonyl (C=O) groups is 1. The number of hydrogen-bond donors (Lipinski definition) is 0. The van der Waals surface area contributed by atoms with Crippen molar-refractivity contribution < 1.29 is 4.79 Å². The molecule has 1 saturated heterocycles. The van der Waals surface area contributed by atoms with Crippen LogP contribution < -0.4 is 4.90 Å². The zero-order chi connectivity index (χ0) is 13.5. The van der Waals surface area contributed by atoms with E-state index in [2.05, 4.69) is 6.07 Å². The Morgan fingerprint density at radius 2 is 2.17 bits per heavy atom. The molecule has 0 bridgehead atoms. The molecule has 18 heavy (non-hydrogen) atoms. The number of aryl methyl sites for hydroxylation is 1. The van der Waals surface area contributed by atoms with Gasteiger partial charge in [0.15, 0.2) is 0 Å². The largest absolute Gasteiger partial charge is 0.305 e. The molecule has 0 saturated carbocycles. The fourth-order valence-electron chi connectivity index (χ4n) is 2.39. The van der Waals surface area contributed by atoms with Crippen LogP contribution in [0.2, 0.25) is 5.02 Å². The van der Waals surface area contributed by atoms with E-state index in [4.69, 9.17) is 16.9 Å². The minimum absolute atomic E-state index is 0.0218. The van der Waals surface area contributed by atoms with Gasteiger partial charge in [-0.15, -0.1) is 0 Å². The van der Waals surface area contributed by atoms with E-state index in [1.807, 2.05) is 32.9 Å². The van der Waals surface area contributed by atoms with Gasteiger partial charge in [0.05, 0.1) is 17.5 Å². The molecule has 0 spiro atoms. The lowest BCUT2D eigenvalue weighted by Crippen LogP contribution is -2.44. The second-order valence-electron chi connectivity index (χ2n) is 5.20. The van der Waals surface area contributed by atoms with Crippen LogP contribution in [0.25, 0.3) is 0 Å². The quantitative estimate of drug-likeness (QED) is 0.779. The zero-order valence-electron chi connectivity index (χ0n) is 10.7. The van der Waals surface area contributed by atoms with Crippen molar-refractivity contribution in [1.29, 1.82) is 5.26 Å². The van der Waals surface area contributed by atoms with Crippen LogP contribution >= 0.6 is 11.6 Å². The molecule has 1 aromatic carbocycles. The summed E-state index contributed by atoms with van der Waals surface area (Å²) in [5.74, 6) is -0.309. The first-order valence-corrected chi connectivity index (χ1v) is 6.24. The highest BCUT2D eigenvalue weighted by Crippen LogP contribution is 2.39. The van der Waals surface area contributed by atoms with Crippen LogP contribution in [-0.2, 0) is 4.79 Å². The molecule has 0 radical (unpaired) electrons. The van der Waals surface area contributed by atoms with Crippen LogP contribution in [0.5, 0.6) is 0 Å². The number of nitrogens with zero attached hydrogens (tertiary/aromatic N) is 2. The molecule has 1 aliphatic heterocycles. The minimum atomic E-state index is -0.496. The van der Waals surface area contributed by atoms with Gasteiger partial charge in [0, 0.05) is 17.1 Å². The number of benzene rings is 1. The van der Waals surface area contributed by atoms with Gasteiger partial charge in [0.1, 0.15) is 0 Å². The normalized spacial score (nSPS) is 22.1. The fourth-order valence-corrected chi connectivity index (χ4v) is 2.57. The predicted octanol–water partition coefficient (Wildman–Crippen LogP) is 3.30. The highest BCUT2D eigenvalue weighted by Gasteiger charge is 2.47. The molecule has 94 valence electrons. The lowest BCUT2D eigenvalue weighted by atomic mass is 9.89. The van der Waals surface area contributed by atoms with Gasteiger partial charge >= 0.3 is 0 Å². The Balaban J connectivity index is 2.47. The maximum atomic E-state index is 12.1. The summed E-state index contributed by atoms with van der Waals surface area (Å²) in [5, 5.41) is 9.76. The number of halogens is 1. The highest BCUT2D eigenvalue weighted by atomic mass is 35.5. The van der Waals surface area contributed by atoms with E-state index in [1.54, 1.807) is 11.0 Å². The lowest BCUT2D eigenvalue weighted by molar-refractivity contribution is -0.117. The minimum Gasteiger partial charge on any atom is -0.305 e. The molecule has 1 aliphatic rings. The average molecular weight is 263 g/mol. The van der Waals surface area contributed by atoms with Crippen molar-refractivity contribution in [2.75, 3.05) is 4.90 Å². The van der Waals surface area contributed by atoms with Gasteiger partial charge < -0.3 is 4.90 Å². The van der Waals surface area contributed by atoms with E-state index < -0.39 is 5.54 Å². The van der Waals surface area contributed by atoms with Crippen molar-refractivity contribution in [3.8, 4) is 6.07 Å². The molecule has 1 unspecified atom stereocenters. The van der Waals surface area contributed by atoms with E-state index in [0.717, 1.165) is 11.3 Å². The summed E-state index contributed by atoms with van der Waals surface area (Å²) < 4.78 is 0. The number of amides is 1. The topological polar surface area (TPSA) is 44.1 Å². The molecule has 2 rings (SSSR count). The maximum absolute atomic E-state index is 12.1. The molecule has 1 amide bonds. The van der Waals surface area contributed by atoms with Crippen LogP contribution in [0.1, 0.15) is 25.8 Å². The number of nitriles is 1. The molecular weight excluding hydrogens is 248 g/mol. The van der Waals surface area contributed by atoms with Crippen LogP contribution in [0, 0.1) is 24.2 Å². The summed E-state index contributed by atoms with van der Waals surface area (Å²) in [4.78, 5) is 13.8. The summed E-state index contributed by atoms with van der Waals surface area (Å²) in [5.41, 5.74) is 1.24. The average Bonchev–Trinajstić information content (AvgIpc) is 2.52. The van der Waals surface area contributed by atoms with E-state index in [9.17, 15) is 4.79 Å². The van der Waals surface area contributed by atoms with Gasteiger partial charge in [-0.05, 0) is 38.5 Å². The molecular formula is C14H15ClN2O. The maximum Gasteiger partial charge on any atom is 0.228 e. The van der Waals surface area contributed by atoms with Crippen LogP contribution in [0.3, 0.4) is 0 Å². The SMILES string of the molecule is Cc1ccc(N2C(=O)CC(C#N)C2(C)C)cc1Cl. The Labute approximate surface area is 112 Å². The van der Waals surface area contributed by atoms with Gasteiger partial charge in [-0.25, -0.2) is 0 Å². The van der Waals surface area contributed by atoms with E-state index >= 15 is 0 Å². The molecule has 4 heteroatoms. The van der Waals surface area contributed by atoms with Crippen molar-refractivity contribution in [2.45, 2.75) is 32.7 Å². The van der Waals surface area contributed by atoms with Gasteiger partial charge in [-0.1, -0.05) is 17.7 Å². The van der Waals surface area contributed by atoms with Crippen molar-refractivity contribution in [3.63, 3.8) is 0 Å². The van der Waals surface area contributed by atoms with Gasteiger partial charge in [-0.2, -0.15) is 5.26 Å². The van der Waals surface area contributed by atoms with Crippen LogP contribution in [0.15, 0.2) is 18.2 Å². The molecule has 1 fully saturated rings. The Hall–Kier alpha value is -1.53. The molecule has 0 aromatic heterocycles. The first-order chi connectivity index (χ1) is 8.37. The molecule has 3 nitrogen and oxygen atoms in total. The number of anilines is 1.